The summed E-state index contributed by atoms with van der Waals surface area (Å²) in [5, 5.41) is 4.51. The van der Waals surface area contributed by atoms with Crippen LogP contribution in [0.2, 0.25) is 5.02 Å². The van der Waals surface area contributed by atoms with Crippen molar-refractivity contribution in [1.29, 1.82) is 0 Å². The molecule has 7 heteroatoms. The topological polar surface area (TPSA) is 69.2 Å². The smallest absolute Gasteiger partial charge is 0.244 e. The second kappa shape index (κ2) is 11.0. The van der Waals surface area contributed by atoms with Crippen molar-refractivity contribution in [3.63, 3.8) is 0 Å². The Morgan fingerprint density at radius 2 is 1.81 bits per heavy atom. The second-order valence-corrected chi connectivity index (χ2v) is 7.02. The molecule has 3 aromatic rings. The molecule has 0 heterocycles. The fraction of sp³-hybridized carbons (Fsp3) is 0.167. The summed E-state index contributed by atoms with van der Waals surface area (Å²) in [5.74, 6) is 1.55. The Labute approximate surface area is 186 Å². The van der Waals surface area contributed by atoms with E-state index in [1.807, 2.05) is 36.4 Å². The third kappa shape index (κ3) is 6.49. The molecule has 160 valence electrons. The molecule has 0 aromatic heterocycles. The Morgan fingerprint density at radius 3 is 2.55 bits per heavy atom. The number of halogens is 1. The van der Waals surface area contributed by atoms with Crippen LogP contribution >= 0.6 is 11.6 Å². The molecule has 0 aliphatic carbocycles. The summed E-state index contributed by atoms with van der Waals surface area (Å²) in [4.78, 5) is 12.2. The van der Waals surface area contributed by atoms with E-state index in [4.69, 9.17) is 25.8 Å². The molecular formula is C24H23ClN2O4. The minimum absolute atomic E-state index is 0.0863. The molecule has 31 heavy (non-hydrogen) atoms. The lowest BCUT2D eigenvalue weighted by Crippen LogP contribution is -2.20. The van der Waals surface area contributed by atoms with Gasteiger partial charge in [0.15, 0.2) is 11.5 Å². The van der Waals surface area contributed by atoms with Crippen LogP contribution < -0.4 is 19.6 Å². The lowest BCUT2D eigenvalue weighted by Gasteiger charge is -2.11. The van der Waals surface area contributed by atoms with E-state index in [9.17, 15) is 4.79 Å². The molecule has 0 unspecified atom stereocenters. The van der Waals surface area contributed by atoms with E-state index in [0.29, 0.717) is 34.4 Å². The number of nitrogens with one attached hydrogen (secondary N) is 1. The van der Waals surface area contributed by atoms with Crippen LogP contribution in [0, 0.1) is 0 Å². The quantitative estimate of drug-likeness (QED) is 0.390. The number of hydrazone groups is 1. The second-order valence-electron chi connectivity index (χ2n) is 6.61. The summed E-state index contributed by atoms with van der Waals surface area (Å²) < 4.78 is 16.4. The highest BCUT2D eigenvalue weighted by molar-refractivity contribution is 6.31. The highest BCUT2D eigenvalue weighted by Crippen LogP contribution is 2.28. The molecule has 0 aliphatic heterocycles. The van der Waals surface area contributed by atoms with Crippen molar-refractivity contribution in [2.24, 2.45) is 5.10 Å². The van der Waals surface area contributed by atoms with Gasteiger partial charge in [-0.05, 0) is 53.1 Å². The zero-order chi connectivity index (χ0) is 22.1. The molecule has 0 saturated carbocycles. The first-order valence-corrected chi connectivity index (χ1v) is 9.96. The average Bonchev–Trinajstić information content (AvgIpc) is 2.80. The first-order valence-electron chi connectivity index (χ1n) is 9.58. The summed E-state index contributed by atoms with van der Waals surface area (Å²) in [6, 6.07) is 20.5. The van der Waals surface area contributed by atoms with Gasteiger partial charge < -0.3 is 14.2 Å². The van der Waals surface area contributed by atoms with Gasteiger partial charge in [-0.3, -0.25) is 4.79 Å². The predicted octanol–water partition coefficient (Wildman–Crippen LogP) is 4.63. The number of carbonyl (C=O) groups excluding carboxylic acids is 1. The van der Waals surface area contributed by atoms with Crippen LogP contribution in [0.4, 0.5) is 0 Å². The number of rotatable bonds is 9. The van der Waals surface area contributed by atoms with Gasteiger partial charge in [0.25, 0.3) is 0 Å². The Morgan fingerprint density at radius 1 is 1.00 bits per heavy atom. The molecule has 0 fully saturated rings. The number of nitrogens with zero attached hydrogens (tertiary/aromatic N) is 1. The van der Waals surface area contributed by atoms with Gasteiger partial charge in [0.2, 0.25) is 5.91 Å². The zero-order valence-electron chi connectivity index (χ0n) is 17.3. The van der Waals surface area contributed by atoms with E-state index in [-0.39, 0.29) is 12.3 Å². The van der Waals surface area contributed by atoms with E-state index in [1.54, 1.807) is 44.6 Å². The van der Waals surface area contributed by atoms with Crippen molar-refractivity contribution >= 4 is 23.7 Å². The van der Waals surface area contributed by atoms with Gasteiger partial charge in [-0.25, -0.2) is 5.43 Å². The molecule has 0 saturated heterocycles. The first-order chi connectivity index (χ1) is 15.1. The average molecular weight is 439 g/mol. The highest BCUT2D eigenvalue weighted by Gasteiger charge is 2.09. The SMILES string of the molecule is COc1ccc(Cl)c(CC(=O)N/N=C/c2ccc(OCc3ccccc3)c(OC)c2)c1. The van der Waals surface area contributed by atoms with Crippen LogP contribution in [0.1, 0.15) is 16.7 Å². The fourth-order valence-corrected chi connectivity index (χ4v) is 3.01. The molecule has 0 aliphatic rings. The van der Waals surface area contributed by atoms with E-state index in [1.165, 1.54) is 6.21 Å². The Hall–Kier alpha value is -3.51. The van der Waals surface area contributed by atoms with Crippen LogP contribution in [0.25, 0.3) is 0 Å². The van der Waals surface area contributed by atoms with E-state index >= 15 is 0 Å². The summed E-state index contributed by atoms with van der Waals surface area (Å²) >= 11 is 6.14. The van der Waals surface area contributed by atoms with Gasteiger partial charge in [-0.15, -0.1) is 0 Å². The van der Waals surface area contributed by atoms with Gasteiger partial charge in [-0.1, -0.05) is 41.9 Å². The number of benzene rings is 3. The number of methoxy groups -OCH3 is 2. The molecule has 0 spiro atoms. The standard InChI is InChI=1S/C24H23ClN2O4/c1-29-20-9-10-21(25)19(13-20)14-24(28)27-26-15-18-8-11-22(23(12-18)30-2)31-16-17-6-4-3-5-7-17/h3-13,15H,14,16H2,1-2H3,(H,27,28)/b26-15+. The van der Waals surface area contributed by atoms with Gasteiger partial charge >= 0.3 is 0 Å². The number of ether oxygens (including phenoxy) is 3. The molecule has 1 N–H and O–H groups in total. The number of amides is 1. The summed E-state index contributed by atoms with van der Waals surface area (Å²) in [7, 11) is 3.13. The zero-order valence-corrected chi connectivity index (χ0v) is 18.1. The van der Waals surface area contributed by atoms with Crippen LogP contribution in [0.5, 0.6) is 17.2 Å². The lowest BCUT2D eigenvalue weighted by atomic mass is 10.1. The molecule has 0 atom stereocenters. The van der Waals surface area contributed by atoms with Crippen molar-refractivity contribution in [2.75, 3.05) is 14.2 Å². The van der Waals surface area contributed by atoms with Crippen molar-refractivity contribution in [2.45, 2.75) is 13.0 Å². The normalized spacial score (nSPS) is 10.7. The molecular weight excluding hydrogens is 416 g/mol. The Balaban J connectivity index is 1.58. The lowest BCUT2D eigenvalue weighted by molar-refractivity contribution is -0.120. The maximum atomic E-state index is 12.2. The summed E-state index contributed by atoms with van der Waals surface area (Å²) in [6.07, 6.45) is 1.62. The monoisotopic (exact) mass is 438 g/mol. The molecule has 6 nitrogen and oxygen atoms in total. The van der Waals surface area contributed by atoms with Gasteiger partial charge in [-0.2, -0.15) is 5.10 Å². The van der Waals surface area contributed by atoms with E-state index in [0.717, 1.165) is 11.1 Å². The van der Waals surface area contributed by atoms with E-state index < -0.39 is 0 Å². The van der Waals surface area contributed by atoms with Crippen LogP contribution in [0.15, 0.2) is 71.8 Å². The number of hydrogen-bond donors (Lipinski definition) is 1. The third-order valence-electron chi connectivity index (χ3n) is 4.43. The Kier molecular flexibility index (Phi) is 7.90. The van der Waals surface area contributed by atoms with Crippen molar-refractivity contribution in [3.8, 4) is 17.2 Å². The van der Waals surface area contributed by atoms with Crippen LogP contribution in [0.3, 0.4) is 0 Å². The largest absolute Gasteiger partial charge is 0.497 e. The molecule has 1 amide bonds. The molecule has 3 aromatic carbocycles. The summed E-state index contributed by atoms with van der Waals surface area (Å²) in [5.41, 5.74) is 4.98. The maximum absolute atomic E-state index is 12.2. The van der Waals surface area contributed by atoms with Crippen molar-refractivity contribution in [1.82, 2.24) is 5.43 Å². The number of carbonyl (C=O) groups is 1. The third-order valence-corrected chi connectivity index (χ3v) is 4.80. The summed E-state index contributed by atoms with van der Waals surface area (Å²) in [6.45, 7) is 0.438. The van der Waals surface area contributed by atoms with Crippen LogP contribution in [-0.4, -0.2) is 26.3 Å². The first kappa shape index (κ1) is 22.2. The highest BCUT2D eigenvalue weighted by atomic mass is 35.5. The van der Waals surface area contributed by atoms with Gasteiger partial charge in [0.05, 0.1) is 26.9 Å². The minimum atomic E-state index is -0.291. The van der Waals surface area contributed by atoms with Gasteiger partial charge in [0.1, 0.15) is 12.4 Å². The molecule has 0 radical (unpaired) electrons. The fourth-order valence-electron chi connectivity index (χ4n) is 2.82. The van der Waals surface area contributed by atoms with E-state index in [2.05, 4.69) is 10.5 Å². The van der Waals surface area contributed by atoms with Crippen molar-refractivity contribution < 1.29 is 19.0 Å². The minimum Gasteiger partial charge on any atom is -0.497 e. The predicted molar refractivity (Wildman–Crippen MR) is 121 cm³/mol. The van der Waals surface area contributed by atoms with Crippen LogP contribution in [-0.2, 0) is 17.8 Å². The van der Waals surface area contributed by atoms with Crippen molar-refractivity contribution in [3.05, 3.63) is 88.4 Å². The molecule has 0 bridgehead atoms. The number of hydrogen-bond acceptors (Lipinski definition) is 5. The van der Waals surface area contributed by atoms with Gasteiger partial charge in [0, 0.05) is 5.02 Å². The Bertz CT molecular complexity index is 1050. The molecule has 3 rings (SSSR count). The maximum Gasteiger partial charge on any atom is 0.244 e.